The minimum atomic E-state index is 0. The molecule has 0 unspecified atom stereocenters. The van der Waals surface area contributed by atoms with Crippen LogP contribution < -0.4 is 5.73 Å². The summed E-state index contributed by atoms with van der Waals surface area (Å²) in [4.78, 5) is 8.58. The molecule has 0 rings (SSSR count). The van der Waals surface area contributed by atoms with Crippen LogP contribution in [0.1, 0.15) is 0 Å². The molecule has 0 spiro atoms. The molecule has 2 nitrogen and oxygen atoms in total. The molecule has 0 fully saturated rings. The van der Waals surface area contributed by atoms with Crippen LogP contribution in [0.15, 0.2) is 0 Å². The number of primary amides is 1. The fourth-order valence-electron chi connectivity index (χ4n) is 0. The first-order chi connectivity index (χ1) is 1.41. The molecule has 0 aromatic carbocycles. The van der Waals surface area contributed by atoms with Crippen molar-refractivity contribution in [2.75, 3.05) is 0 Å². The molecule has 5 heavy (non-hydrogen) atoms. The van der Waals surface area contributed by atoms with E-state index in [1.54, 1.807) is 0 Å². The Morgan fingerprint density at radius 3 is 1.60 bits per heavy atom. The molecular weight excluding hydrogens is 90.1 g/mol. The monoisotopic (exact) mass is 96.0 g/mol. The predicted molar refractivity (Wildman–Crippen MR) is 25.9 cm³/mol. The second kappa shape index (κ2) is 18.6. The predicted octanol–water partition coefficient (Wildman–Crippen LogP) is -2.46. The number of nitrogens with two attached hydrogens (primary N) is 1. The van der Waals surface area contributed by atoms with Gasteiger partial charge >= 0.3 is 61.5 Å². The normalized spacial score (nSPS) is 2.40. The zero-order valence-corrected chi connectivity index (χ0v) is 1.56. The first-order valence-electron chi connectivity index (χ1n) is 0.569. The van der Waals surface area contributed by atoms with Crippen molar-refractivity contribution in [3.05, 3.63) is 0 Å². The first kappa shape index (κ1) is 16.3. The third-order valence-electron chi connectivity index (χ3n) is 0. The molecule has 0 radical (unpaired) electrons. The summed E-state index contributed by atoms with van der Waals surface area (Å²) in [6.07, 6.45) is 0.250. The molecular formula is CH6BeKNO. The number of rotatable bonds is 0. The van der Waals surface area contributed by atoms with Crippen molar-refractivity contribution in [3.8, 4) is 0 Å². The van der Waals surface area contributed by atoms with Gasteiger partial charge in [-0.25, -0.2) is 0 Å². The minimum absolute atomic E-state index is 0. The molecule has 0 saturated carbocycles. The van der Waals surface area contributed by atoms with Crippen molar-refractivity contribution in [2.45, 2.75) is 0 Å². The van der Waals surface area contributed by atoms with E-state index in [9.17, 15) is 0 Å². The Bertz CT molecular complexity index is 19.1. The molecule has 0 aliphatic carbocycles. The van der Waals surface area contributed by atoms with Gasteiger partial charge in [0.25, 0.3) is 0 Å². The second-order valence-electron chi connectivity index (χ2n) is 0.136. The molecule has 0 aromatic rings. The van der Waals surface area contributed by atoms with Gasteiger partial charge in [-0.15, -0.1) is 0 Å². The van der Waals surface area contributed by atoms with Gasteiger partial charge in [0.2, 0.25) is 6.41 Å². The Kier molecular flexibility index (Phi) is 60.6. The van der Waals surface area contributed by atoms with Gasteiger partial charge in [0.05, 0.1) is 0 Å². The van der Waals surface area contributed by atoms with Crippen LogP contribution in [0, 0.1) is 0 Å². The number of carbonyl (C=O) groups is 1. The van der Waals surface area contributed by atoms with Gasteiger partial charge in [0.15, 0.2) is 0 Å². The quantitative estimate of drug-likeness (QED) is 0.264. The molecule has 0 saturated heterocycles. The van der Waals surface area contributed by atoms with E-state index >= 15 is 0 Å². The number of hydrogen-bond acceptors (Lipinski definition) is 1. The van der Waals surface area contributed by atoms with Gasteiger partial charge in [-0.3, -0.25) is 4.79 Å². The summed E-state index contributed by atoms with van der Waals surface area (Å²) in [5, 5.41) is 0. The fraction of sp³-hybridized carbons (Fsp3) is 0. The van der Waals surface area contributed by atoms with Gasteiger partial charge in [0.1, 0.15) is 0 Å². The van der Waals surface area contributed by atoms with Gasteiger partial charge in [-0.1, -0.05) is 0 Å². The van der Waals surface area contributed by atoms with E-state index in [-0.39, 0.29) is 67.9 Å². The number of amides is 1. The Morgan fingerprint density at radius 2 is 1.60 bits per heavy atom. The van der Waals surface area contributed by atoms with Gasteiger partial charge in [0, 0.05) is 0 Å². The zero-order valence-electron chi connectivity index (χ0n) is 1.56. The summed E-state index contributed by atoms with van der Waals surface area (Å²) < 4.78 is 0. The summed E-state index contributed by atoms with van der Waals surface area (Å²) in [5.74, 6) is 0. The van der Waals surface area contributed by atoms with E-state index in [0.29, 0.717) is 0 Å². The van der Waals surface area contributed by atoms with E-state index in [1.807, 2.05) is 0 Å². The standard InChI is InChI=1S/CH3NO.Be.K.3H/c2-1-3;;;;;/h1H,(H2,2,3);;;;;. The van der Waals surface area contributed by atoms with Gasteiger partial charge in [-0.2, -0.15) is 0 Å². The molecule has 0 atom stereocenters. The van der Waals surface area contributed by atoms with Crippen LogP contribution in [-0.2, 0) is 4.79 Å². The van der Waals surface area contributed by atoms with E-state index < -0.39 is 0 Å². The van der Waals surface area contributed by atoms with E-state index in [1.165, 1.54) is 0 Å². The Balaban J connectivity index is -0.0000000200. The molecule has 2 N–H and O–H groups in total. The molecule has 0 heterocycles. The van der Waals surface area contributed by atoms with Crippen LogP contribution in [0.5, 0.6) is 0 Å². The Morgan fingerprint density at radius 1 is 1.60 bits per heavy atom. The van der Waals surface area contributed by atoms with Crippen molar-refractivity contribution in [1.29, 1.82) is 0 Å². The summed E-state index contributed by atoms with van der Waals surface area (Å²) in [6, 6.07) is 0. The Labute approximate surface area is 77.1 Å². The van der Waals surface area contributed by atoms with Crippen LogP contribution in [-0.4, -0.2) is 67.9 Å². The van der Waals surface area contributed by atoms with Crippen molar-refractivity contribution in [2.24, 2.45) is 5.73 Å². The number of hydrogen-bond donors (Lipinski definition) is 1. The molecule has 0 aliphatic rings. The van der Waals surface area contributed by atoms with Crippen LogP contribution in [0.4, 0.5) is 0 Å². The molecule has 0 aromatic heterocycles. The van der Waals surface area contributed by atoms with Crippen molar-refractivity contribution < 1.29 is 4.79 Å². The van der Waals surface area contributed by atoms with Crippen LogP contribution in [0.2, 0.25) is 0 Å². The third kappa shape index (κ3) is 34.8. The molecule has 1 amide bonds. The van der Waals surface area contributed by atoms with Crippen molar-refractivity contribution in [1.82, 2.24) is 0 Å². The van der Waals surface area contributed by atoms with Crippen LogP contribution in [0.25, 0.3) is 0 Å². The second-order valence-corrected chi connectivity index (χ2v) is 0.136. The van der Waals surface area contributed by atoms with E-state index in [2.05, 4.69) is 5.73 Å². The average Bonchev–Trinajstić information content (AvgIpc) is 0.918. The maximum atomic E-state index is 8.58. The fourth-order valence-corrected chi connectivity index (χ4v) is 0. The maximum absolute atomic E-state index is 8.58. The summed E-state index contributed by atoms with van der Waals surface area (Å²) >= 11 is 0. The van der Waals surface area contributed by atoms with Gasteiger partial charge < -0.3 is 5.73 Å². The topological polar surface area (TPSA) is 43.1 Å². The molecule has 24 valence electrons. The summed E-state index contributed by atoms with van der Waals surface area (Å²) in [7, 11) is 0. The molecule has 0 aliphatic heterocycles. The summed E-state index contributed by atoms with van der Waals surface area (Å²) in [5.41, 5.74) is 4.17. The molecule has 0 bridgehead atoms. The number of carbonyl (C=O) groups excluding carboxylic acids is 1. The first-order valence-corrected chi connectivity index (χ1v) is 0.569. The third-order valence-corrected chi connectivity index (χ3v) is 0. The van der Waals surface area contributed by atoms with Crippen molar-refractivity contribution >= 4 is 67.9 Å². The van der Waals surface area contributed by atoms with E-state index in [4.69, 9.17) is 4.79 Å². The SMILES string of the molecule is NC=O.[BeH2].[KH]. The Hall–Kier alpha value is 1.28. The molecule has 4 heteroatoms. The van der Waals surface area contributed by atoms with Gasteiger partial charge in [-0.05, 0) is 0 Å². The van der Waals surface area contributed by atoms with Crippen molar-refractivity contribution in [3.63, 3.8) is 0 Å². The summed E-state index contributed by atoms with van der Waals surface area (Å²) in [6.45, 7) is 0. The van der Waals surface area contributed by atoms with Crippen LogP contribution >= 0.6 is 0 Å². The zero-order chi connectivity index (χ0) is 2.71. The van der Waals surface area contributed by atoms with Crippen LogP contribution in [0.3, 0.4) is 0 Å². The van der Waals surface area contributed by atoms with E-state index in [0.717, 1.165) is 0 Å². The average molecular weight is 96.2 g/mol.